The van der Waals surface area contributed by atoms with Crippen LogP contribution in [0.2, 0.25) is 0 Å². The molecule has 1 aliphatic rings. The van der Waals surface area contributed by atoms with E-state index in [1.54, 1.807) is 12.1 Å². The van der Waals surface area contributed by atoms with E-state index in [4.69, 9.17) is 29.2 Å². The maximum absolute atomic E-state index is 12.8. The molecule has 1 atom stereocenters. The number of ether oxygens (including phenoxy) is 3. The summed E-state index contributed by atoms with van der Waals surface area (Å²) < 4.78 is 61.7. The van der Waals surface area contributed by atoms with E-state index in [1.807, 2.05) is 24.3 Å². The highest BCUT2D eigenvalue weighted by Gasteiger charge is 2.38. The third-order valence-corrected chi connectivity index (χ3v) is 4.93. The molecule has 0 aliphatic carbocycles. The molecule has 3 rings (SSSR count). The van der Waals surface area contributed by atoms with Crippen LogP contribution in [0.15, 0.2) is 48.5 Å². The number of rotatable bonds is 10. The normalized spacial score (nSPS) is 15.9. The lowest BCUT2D eigenvalue weighted by atomic mass is 10.1. The van der Waals surface area contributed by atoms with Crippen LogP contribution in [-0.4, -0.2) is 72.7 Å². The topological polar surface area (TPSA) is 106 Å². The van der Waals surface area contributed by atoms with Crippen molar-refractivity contribution >= 4 is 11.9 Å². The van der Waals surface area contributed by atoms with Crippen molar-refractivity contribution in [1.29, 1.82) is 0 Å². The second kappa shape index (κ2) is 14.2. The average Bonchev–Trinajstić information content (AvgIpc) is 2.84. The lowest BCUT2D eigenvalue weighted by molar-refractivity contribution is -0.192. The molecular formula is C24H27F4NO7. The molecule has 2 aromatic carbocycles. The molecule has 0 radical (unpaired) electrons. The Morgan fingerprint density at radius 2 is 1.50 bits per heavy atom. The Labute approximate surface area is 205 Å². The number of aliphatic carboxylic acids is 2. The van der Waals surface area contributed by atoms with E-state index in [1.165, 1.54) is 12.1 Å². The van der Waals surface area contributed by atoms with Gasteiger partial charge >= 0.3 is 18.1 Å². The van der Waals surface area contributed by atoms with Gasteiger partial charge in [-0.05, 0) is 42.0 Å². The molecule has 0 saturated carbocycles. The van der Waals surface area contributed by atoms with Crippen molar-refractivity contribution < 1.29 is 51.6 Å². The van der Waals surface area contributed by atoms with Gasteiger partial charge in [-0.15, -0.1) is 0 Å². The van der Waals surface area contributed by atoms with E-state index >= 15 is 0 Å². The molecule has 8 nitrogen and oxygen atoms in total. The van der Waals surface area contributed by atoms with Crippen LogP contribution in [0, 0.1) is 5.82 Å². The van der Waals surface area contributed by atoms with E-state index in [9.17, 15) is 22.4 Å². The molecule has 198 valence electrons. The van der Waals surface area contributed by atoms with Crippen LogP contribution in [-0.2, 0) is 14.3 Å². The number of carboxylic acid groups (broad SMARTS) is 2. The summed E-state index contributed by atoms with van der Waals surface area (Å²) in [5.74, 6) is -2.41. The molecule has 2 N–H and O–H groups in total. The minimum atomic E-state index is -5.08. The van der Waals surface area contributed by atoms with Gasteiger partial charge in [0.25, 0.3) is 0 Å². The number of alkyl halides is 3. The van der Waals surface area contributed by atoms with Gasteiger partial charge in [-0.2, -0.15) is 13.2 Å². The maximum atomic E-state index is 12.8. The van der Waals surface area contributed by atoms with Gasteiger partial charge < -0.3 is 24.4 Å². The van der Waals surface area contributed by atoms with Crippen LogP contribution in [0.1, 0.15) is 24.5 Å². The van der Waals surface area contributed by atoms with Crippen molar-refractivity contribution in [3.8, 4) is 11.5 Å². The minimum Gasteiger partial charge on any atom is -0.493 e. The highest BCUT2D eigenvalue weighted by Crippen LogP contribution is 2.24. The zero-order valence-electron chi connectivity index (χ0n) is 19.2. The second-order valence-corrected chi connectivity index (χ2v) is 7.68. The predicted molar refractivity (Wildman–Crippen MR) is 120 cm³/mol. The lowest BCUT2D eigenvalue weighted by Gasteiger charge is -2.32. The number of benzene rings is 2. The van der Waals surface area contributed by atoms with Crippen LogP contribution >= 0.6 is 0 Å². The van der Waals surface area contributed by atoms with Crippen molar-refractivity contribution in [3.63, 3.8) is 0 Å². The first-order valence-electron chi connectivity index (χ1n) is 11.0. The quantitative estimate of drug-likeness (QED) is 0.358. The van der Waals surface area contributed by atoms with Gasteiger partial charge in [0.1, 0.15) is 17.3 Å². The maximum Gasteiger partial charge on any atom is 0.490 e. The van der Waals surface area contributed by atoms with E-state index < -0.39 is 18.1 Å². The molecule has 36 heavy (non-hydrogen) atoms. The van der Waals surface area contributed by atoms with Gasteiger partial charge in [0, 0.05) is 26.1 Å². The van der Waals surface area contributed by atoms with E-state index in [0.29, 0.717) is 45.1 Å². The Hall–Kier alpha value is -3.38. The van der Waals surface area contributed by atoms with Crippen LogP contribution in [0.3, 0.4) is 0 Å². The molecule has 12 heteroatoms. The van der Waals surface area contributed by atoms with Crippen molar-refractivity contribution in [2.24, 2.45) is 0 Å². The number of carbonyl (C=O) groups is 2. The number of hydrogen-bond acceptors (Lipinski definition) is 6. The fourth-order valence-electron chi connectivity index (χ4n) is 3.11. The molecule has 2 aromatic rings. The van der Waals surface area contributed by atoms with Gasteiger partial charge in [0.2, 0.25) is 0 Å². The summed E-state index contributed by atoms with van der Waals surface area (Å²) in [4.78, 5) is 21.8. The van der Waals surface area contributed by atoms with E-state index in [-0.39, 0.29) is 18.3 Å². The van der Waals surface area contributed by atoms with Gasteiger partial charge in [-0.25, -0.2) is 9.18 Å². The summed E-state index contributed by atoms with van der Waals surface area (Å²) >= 11 is 0. The van der Waals surface area contributed by atoms with Crippen molar-refractivity contribution in [3.05, 3.63) is 59.9 Å². The zero-order valence-corrected chi connectivity index (χ0v) is 19.2. The standard InChI is InChI=1S/C22H26FNO5.C2HF3O2/c23-18-4-8-20(9-5-18)28-14-1-13-27-19-6-2-17(3-7-19)21-16-24(12-15-29-21)11-10-22(25)26;3-2(4,5)1(6)7/h2-9,21H,1,10-16H2,(H,25,26);(H,6,7). The molecule has 0 spiro atoms. The summed E-state index contributed by atoms with van der Waals surface area (Å²) in [6, 6.07) is 13.7. The fraction of sp³-hybridized carbons (Fsp3) is 0.417. The number of nitrogens with zero attached hydrogens (tertiary/aromatic N) is 1. The summed E-state index contributed by atoms with van der Waals surface area (Å²) in [6.07, 6.45) is -4.29. The molecule has 1 saturated heterocycles. The largest absolute Gasteiger partial charge is 0.493 e. The van der Waals surface area contributed by atoms with Crippen LogP contribution in [0.25, 0.3) is 0 Å². The van der Waals surface area contributed by atoms with Crippen LogP contribution in [0.5, 0.6) is 11.5 Å². The molecule has 0 bridgehead atoms. The summed E-state index contributed by atoms with van der Waals surface area (Å²) in [5, 5.41) is 16.0. The second-order valence-electron chi connectivity index (χ2n) is 7.68. The molecule has 1 heterocycles. The Kier molecular flexibility index (Phi) is 11.4. The van der Waals surface area contributed by atoms with Gasteiger partial charge in [-0.1, -0.05) is 12.1 Å². The highest BCUT2D eigenvalue weighted by atomic mass is 19.4. The summed E-state index contributed by atoms with van der Waals surface area (Å²) in [6.45, 7) is 3.58. The molecular weight excluding hydrogens is 490 g/mol. The fourth-order valence-corrected chi connectivity index (χ4v) is 3.11. The average molecular weight is 517 g/mol. The molecule has 0 amide bonds. The Morgan fingerprint density at radius 1 is 0.972 bits per heavy atom. The van der Waals surface area contributed by atoms with Crippen molar-refractivity contribution in [2.45, 2.75) is 25.1 Å². The SMILES string of the molecule is O=C(O)C(F)(F)F.O=C(O)CCN1CCOC(c2ccc(OCCCOc3ccc(F)cc3)cc2)C1. The number of carboxylic acids is 2. The first-order valence-corrected chi connectivity index (χ1v) is 11.0. The Balaban J connectivity index is 0.000000572. The number of morpholine rings is 1. The minimum absolute atomic E-state index is 0.0595. The molecule has 1 fully saturated rings. The van der Waals surface area contributed by atoms with Crippen LogP contribution in [0.4, 0.5) is 17.6 Å². The molecule has 1 unspecified atom stereocenters. The molecule has 1 aliphatic heterocycles. The summed E-state index contributed by atoms with van der Waals surface area (Å²) in [7, 11) is 0. The first-order chi connectivity index (χ1) is 17.0. The monoisotopic (exact) mass is 517 g/mol. The van der Waals surface area contributed by atoms with Gasteiger partial charge in [0.05, 0.1) is 32.3 Å². The Bertz CT molecular complexity index is 952. The van der Waals surface area contributed by atoms with Crippen molar-refractivity contribution in [1.82, 2.24) is 4.90 Å². The van der Waals surface area contributed by atoms with Crippen LogP contribution < -0.4 is 9.47 Å². The molecule has 0 aromatic heterocycles. The Morgan fingerprint density at radius 3 is 2.00 bits per heavy atom. The smallest absolute Gasteiger partial charge is 0.490 e. The third-order valence-electron chi connectivity index (χ3n) is 4.93. The predicted octanol–water partition coefficient (Wildman–Crippen LogP) is 4.15. The summed E-state index contributed by atoms with van der Waals surface area (Å²) in [5.41, 5.74) is 1.05. The highest BCUT2D eigenvalue weighted by molar-refractivity contribution is 5.73. The lowest BCUT2D eigenvalue weighted by Crippen LogP contribution is -2.39. The van der Waals surface area contributed by atoms with Gasteiger partial charge in [-0.3, -0.25) is 9.69 Å². The zero-order chi connectivity index (χ0) is 26.6. The van der Waals surface area contributed by atoms with Crippen molar-refractivity contribution in [2.75, 3.05) is 39.5 Å². The van der Waals surface area contributed by atoms with Gasteiger partial charge in [0.15, 0.2) is 0 Å². The van der Waals surface area contributed by atoms with E-state index in [2.05, 4.69) is 4.90 Å². The van der Waals surface area contributed by atoms with E-state index in [0.717, 1.165) is 17.9 Å². The number of halogens is 4. The third kappa shape index (κ3) is 10.9. The first kappa shape index (κ1) is 28.9. The number of hydrogen-bond donors (Lipinski definition) is 2.